The van der Waals surface area contributed by atoms with Gasteiger partial charge < -0.3 is 16.2 Å². The van der Waals surface area contributed by atoms with Gasteiger partial charge in [-0.25, -0.2) is 4.79 Å². The van der Waals surface area contributed by atoms with Crippen molar-refractivity contribution in [2.75, 3.05) is 7.11 Å². The Morgan fingerprint density at radius 3 is 2.74 bits per heavy atom. The third-order valence-electron chi connectivity index (χ3n) is 2.68. The van der Waals surface area contributed by atoms with E-state index in [2.05, 4.69) is 6.07 Å². The molecule has 0 saturated heterocycles. The van der Waals surface area contributed by atoms with Crippen LogP contribution in [0.25, 0.3) is 0 Å². The van der Waals surface area contributed by atoms with E-state index in [9.17, 15) is 10.1 Å². The van der Waals surface area contributed by atoms with Gasteiger partial charge in [0.15, 0.2) is 0 Å². The number of carbonyl (C=O) groups excluding carboxylic acids is 1. The maximum absolute atomic E-state index is 11.9. The van der Waals surface area contributed by atoms with Crippen molar-refractivity contribution in [2.45, 2.75) is 5.92 Å². The summed E-state index contributed by atoms with van der Waals surface area (Å²) in [5.41, 5.74) is 12.3. The maximum atomic E-state index is 11.9. The molecule has 5 nitrogen and oxygen atoms in total. The quantitative estimate of drug-likeness (QED) is 0.803. The van der Waals surface area contributed by atoms with Crippen LogP contribution < -0.4 is 11.5 Å². The van der Waals surface area contributed by atoms with E-state index in [1.807, 2.05) is 17.5 Å². The van der Waals surface area contributed by atoms with Gasteiger partial charge in [0.1, 0.15) is 0 Å². The molecule has 1 aliphatic rings. The van der Waals surface area contributed by atoms with Gasteiger partial charge >= 0.3 is 5.97 Å². The standard InChI is InChI=1S/C12H11N3O2S2/c1-17-12(16)9-8(7-3-2-4-18-7)6(5-13)10(14)19-11(9)15/h2-4,8H,14-15H2,1H3/t8-/m1/s1. The van der Waals surface area contributed by atoms with Crippen molar-refractivity contribution < 1.29 is 9.53 Å². The second kappa shape index (κ2) is 5.38. The summed E-state index contributed by atoms with van der Waals surface area (Å²) in [4.78, 5) is 12.7. The summed E-state index contributed by atoms with van der Waals surface area (Å²) in [5, 5.41) is 11.7. The molecule has 1 aromatic rings. The third kappa shape index (κ3) is 2.32. The van der Waals surface area contributed by atoms with Crippen LogP contribution in [0.5, 0.6) is 0 Å². The molecule has 2 rings (SSSR count). The largest absolute Gasteiger partial charge is 0.466 e. The van der Waals surface area contributed by atoms with Crippen molar-refractivity contribution in [3.63, 3.8) is 0 Å². The summed E-state index contributed by atoms with van der Waals surface area (Å²) >= 11 is 2.46. The molecule has 0 spiro atoms. The van der Waals surface area contributed by atoms with E-state index in [1.165, 1.54) is 18.4 Å². The molecule has 0 fully saturated rings. The number of ether oxygens (including phenoxy) is 1. The number of nitriles is 1. The van der Waals surface area contributed by atoms with Crippen LogP contribution in [-0.2, 0) is 9.53 Å². The first kappa shape index (κ1) is 13.5. The fourth-order valence-corrected chi connectivity index (χ4v) is 3.51. The van der Waals surface area contributed by atoms with Gasteiger partial charge in [-0.05, 0) is 11.4 Å². The van der Waals surface area contributed by atoms with Crippen LogP contribution in [0.2, 0.25) is 0 Å². The second-order valence-electron chi connectivity index (χ2n) is 3.71. The minimum absolute atomic E-state index is 0.278. The Bertz CT molecular complexity index is 611. The van der Waals surface area contributed by atoms with E-state index in [-0.39, 0.29) is 10.6 Å². The average Bonchev–Trinajstić information content (AvgIpc) is 2.90. The molecule has 0 radical (unpaired) electrons. The number of thioether (sulfide) groups is 1. The molecule has 7 heteroatoms. The van der Waals surface area contributed by atoms with Crippen molar-refractivity contribution in [3.8, 4) is 6.07 Å². The molecule has 1 aliphatic heterocycles. The molecule has 2 heterocycles. The van der Waals surface area contributed by atoms with E-state index in [0.29, 0.717) is 10.6 Å². The van der Waals surface area contributed by atoms with Crippen LogP contribution >= 0.6 is 23.1 Å². The highest BCUT2D eigenvalue weighted by Gasteiger charge is 2.35. The summed E-state index contributed by atoms with van der Waals surface area (Å²) in [5.74, 6) is -1.08. The van der Waals surface area contributed by atoms with Gasteiger partial charge in [-0.2, -0.15) is 5.26 Å². The fourth-order valence-electron chi connectivity index (χ4n) is 1.85. The normalized spacial score (nSPS) is 19.3. The Hall–Kier alpha value is -1.91. The molecule has 0 aliphatic carbocycles. The highest BCUT2D eigenvalue weighted by molar-refractivity contribution is 8.06. The van der Waals surface area contributed by atoms with Gasteiger partial charge in [0, 0.05) is 4.88 Å². The van der Waals surface area contributed by atoms with Gasteiger partial charge in [-0.15, -0.1) is 11.3 Å². The number of nitrogens with zero attached hydrogens (tertiary/aromatic N) is 1. The number of nitrogens with two attached hydrogens (primary N) is 2. The SMILES string of the molecule is COC(=O)C1=C(N)SC(N)=C(C#N)[C@@H]1c1cccs1. The topological polar surface area (TPSA) is 102 Å². The summed E-state index contributed by atoms with van der Waals surface area (Å²) in [6.45, 7) is 0. The molecule has 1 aromatic heterocycles. The van der Waals surface area contributed by atoms with Crippen molar-refractivity contribution in [2.24, 2.45) is 11.5 Å². The number of esters is 1. The lowest BCUT2D eigenvalue weighted by molar-refractivity contribution is -0.136. The van der Waals surface area contributed by atoms with E-state index >= 15 is 0 Å². The first-order valence-corrected chi connectivity index (χ1v) is 6.98. The van der Waals surface area contributed by atoms with E-state index in [1.54, 1.807) is 0 Å². The molecular formula is C12H11N3O2S2. The fraction of sp³-hybridized carbons (Fsp3) is 0.167. The molecule has 0 unspecified atom stereocenters. The van der Waals surface area contributed by atoms with Crippen LogP contribution in [0.3, 0.4) is 0 Å². The average molecular weight is 293 g/mol. The Morgan fingerprint density at radius 2 is 2.21 bits per heavy atom. The lowest BCUT2D eigenvalue weighted by Crippen LogP contribution is -2.24. The Morgan fingerprint density at radius 1 is 1.47 bits per heavy atom. The van der Waals surface area contributed by atoms with Crippen LogP contribution in [0.4, 0.5) is 0 Å². The zero-order valence-corrected chi connectivity index (χ0v) is 11.7. The smallest absolute Gasteiger partial charge is 0.337 e. The monoisotopic (exact) mass is 293 g/mol. The maximum Gasteiger partial charge on any atom is 0.337 e. The minimum Gasteiger partial charge on any atom is -0.466 e. The number of rotatable bonds is 2. The Balaban J connectivity index is 2.61. The minimum atomic E-state index is -0.543. The van der Waals surface area contributed by atoms with E-state index < -0.39 is 11.9 Å². The predicted molar refractivity (Wildman–Crippen MR) is 74.7 cm³/mol. The third-order valence-corrected chi connectivity index (χ3v) is 4.50. The first-order chi connectivity index (χ1) is 9.10. The zero-order chi connectivity index (χ0) is 14.0. The second-order valence-corrected chi connectivity index (χ2v) is 5.77. The van der Waals surface area contributed by atoms with E-state index in [4.69, 9.17) is 16.2 Å². The van der Waals surface area contributed by atoms with Gasteiger partial charge in [0.2, 0.25) is 0 Å². The molecule has 0 bridgehead atoms. The Labute approximate surface area is 118 Å². The number of methoxy groups -OCH3 is 1. The van der Waals surface area contributed by atoms with Crippen molar-refractivity contribution in [3.05, 3.63) is 43.6 Å². The summed E-state index contributed by atoms with van der Waals surface area (Å²) in [6.07, 6.45) is 0. The zero-order valence-electron chi connectivity index (χ0n) is 10.0. The molecule has 4 N–H and O–H groups in total. The summed E-state index contributed by atoms with van der Waals surface area (Å²) < 4.78 is 4.76. The molecular weight excluding hydrogens is 282 g/mol. The molecule has 0 amide bonds. The highest BCUT2D eigenvalue weighted by Crippen LogP contribution is 2.44. The van der Waals surface area contributed by atoms with Crippen LogP contribution in [0, 0.1) is 11.3 Å². The number of hydrogen-bond acceptors (Lipinski definition) is 7. The summed E-state index contributed by atoms with van der Waals surface area (Å²) in [7, 11) is 1.28. The predicted octanol–water partition coefficient (Wildman–Crippen LogP) is 1.62. The summed E-state index contributed by atoms with van der Waals surface area (Å²) in [6, 6.07) is 5.75. The van der Waals surface area contributed by atoms with Crippen molar-refractivity contribution in [1.82, 2.24) is 0 Å². The number of allylic oxidation sites excluding steroid dienone is 1. The Kier molecular flexibility index (Phi) is 3.83. The highest BCUT2D eigenvalue weighted by atomic mass is 32.2. The lowest BCUT2D eigenvalue weighted by atomic mass is 9.90. The van der Waals surface area contributed by atoms with Crippen molar-refractivity contribution >= 4 is 29.1 Å². The van der Waals surface area contributed by atoms with Gasteiger partial charge in [-0.3, -0.25) is 0 Å². The molecule has 98 valence electrons. The number of carbonyl (C=O) groups is 1. The molecule has 1 atom stereocenters. The van der Waals surface area contributed by atoms with Gasteiger partial charge in [0.25, 0.3) is 0 Å². The van der Waals surface area contributed by atoms with Crippen LogP contribution in [-0.4, -0.2) is 13.1 Å². The van der Waals surface area contributed by atoms with Crippen molar-refractivity contribution in [1.29, 1.82) is 5.26 Å². The van der Waals surface area contributed by atoms with E-state index in [0.717, 1.165) is 16.6 Å². The lowest BCUT2D eigenvalue weighted by Gasteiger charge is -2.24. The number of thiophene rings is 1. The van der Waals surface area contributed by atoms with Gasteiger partial charge in [-0.1, -0.05) is 17.8 Å². The van der Waals surface area contributed by atoms with Gasteiger partial charge in [0.05, 0.1) is 40.3 Å². The van der Waals surface area contributed by atoms with Crippen LogP contribution in [0.15, 0.2) is 38.7 Å². The molecule has 19 heavy (non-hydrogen) atoms. The molecule has 0 saturated carbocycles. The first-order valence-electron chi connectivity index (χ1n) is 5.29. The van der Waals surface area contributed by atoms with Crippen LogP contribution in [0.1, 0.15) is 10.8 Å². The number of hydrogen-bond donors (Lipinski definition) is 2. The molecule has 0 aromatic carbocycles.